The number of piperazine rings is 1. The molecule has 1 aromatic heterocycles. The number of benzene rings is 1. The van der Waals surface area contributed by atoms with Crippen LogP contribution in [-0.4, -0.2) is 67.3 Å². The number of amides is 3. The van der Waals surface area contributed by atoms with Gasteiger partial charge in [-0.2, -0.15) is 0 Å². The Labute approximate surface area is 171 Å². The predicted octanol–water partition coefficient (Wildman–Crippen LogP) is 1.56. The molecule has 8 nitrogen and oxygen atoms in total. The van der Waals surface area contributed by atoms with Crippen molar-refractivity contribution in [3.8, 4) is 0 Å². The maximum Gasteiger partial charge on any atom is 0.289 e. The van der Waals surface area contributed by atoms with Crippen LogP contribution < -0.4 is 10.6 Å². The first kappa shape index (κ1) is 19.9. The van der Waals surface area contributed by atoms with Crippen LogP contribution in [0.4, 0.5) is 5.69 Å². The highest BCUT2D eigenvalue weighted by molar-refractivity contribution is 9.10. The Morgan fingerprint density at radius 1 is 1.07 bits per heavy atom. The zero-order valence-corrected chi connectivity index (χ0v) is 17.0. The molecule has 3 rings (SSSR count). The number of hydrogen-bond acceptors (Lipinski definition) is 5. The van der Waals surface area contributed by atoms with Gasteiger partial charge in [0.05, 0.1) is 6.54 Å². The quantitative estimate of drug-likeness (QED) is 0.747. The van der Waals surface area contributed by atoms with Gasteiger partial charge in [-0.3, -0.25) is 14.4 Å². The van der Waals surface area contributed by atoms with E-state index in [-0.39, 0.29) is 24.1 Å². The highest BCUT2D eigenvalue weighted by Crippen LogP contribution is 2.18. The number of rotatable bonds is 5. The monoisotopic (exact) mass is 448 g/mol. The molecular formula is C19H21BrN4O4. The third kappa shape index (κ3) is 4.53. The molecule has 9 heteroatoms. The highest BCUT2D eigenvalue weighted by Gasteiger charge is 2.24. The summed E-state index contributed by atoms with van der Waals surface area (Å²) < 4.78 is 5.71. The minimum absolute atomic E-state index is 0.00946. The number of anilines is 1. The van der Waals surface area contributed by atoms with Crippen molar-refractivity contribution in [2.45, 2.75) is 0 Å². The van der Waals surface area contributed by atoms with Crippen LogP contribution in [0.5, 0.6) is 0 Å². The van der Waals surface area contributed by atoms with Gasteiger partial charge in [0.1, 0.15) is 0 Å². The van der Waals surface area contributed by atoms with Gasteiger partial charge in [-0.15, -0.1) is 0 Å². The van der Waals surface area contributed by atoms with E-state index in [0.717, 1.165) is 5.69 Å². The van der Waals surface area contributed by atoms with Crippen molar-refractivity contribution in [1.82, 2.24) is 9.80 Å². The van der Waals surface area contributed by atoms with Crippen molar-refractivity contribution in [3.05, 3.63) is 52.4 Å². The molecule has 0 radical (unpaired) electrons. The number of carbonyl (C=O) groups excluding carboxylic acids is 3. The molecule has 28 heavy (non-hydrogen) atoms. The third-order valence-corrected chi connectivity index (χ3v) is 5.08. The van der Waals surface area contributed by atoms with Gasteiger partial charge in [0.2, 0.25) is 11.8 Å². The average molecular weight is 449 g/mol. The molecule has 0 atom stereocenters. The second-order valence-electron chi connectivity index (χ2n) is 6.54. The lowest BCUT2D eigenvalue weighted by Crippen LogP contribution is -2.51. The first-order valence-corrected chi connectivity index (χ1v) is 9.58. The molecule has 1 aliphatic rings. The van der Waals surface area contributed by atoms with Crippen molar-refractivity contribution >= 4 is 39.3 Å². The molecule has 148 valence electrons. The Kier molecular flexibility index (Phi) is 6.03. The molecule has 1 fully saturated rings. The summed E-state index contributed by atoms with van der Waals surface area (Å²) in [4.78, 5) is 41.2. The smallest absolute Gasteiger partial charge is 0.289 e. The number of hydrogen-bond donors (Lipinski definition) is 1. The van der Waals surface area contributed by atoms with E-state index in [9.17, 15) is 14.4 Å². The number of likely N-dealkylation sites (N-methyl/N-ethyl adjacent to an activating group) is 1. The molecule has 0 spiro atoms. The highest BCUT2D eigenvalue weighted by atomic mass is 79.9. The van der Waals surface area contributed by atoms with Crippen molar-refractivity contribution < 1.29 is 18.8 Å². The zero-order chi connectivity index (χ0) is 20.3. The number of nitrogens with two attached hydrogens (primary N) is 1. The van der Waals surface area contributed by atoms with Crippen LogP contribution in [0.2, 0.25) is 0 Å². The summed E-state index contributed by atoms with van der Waals surface area (Å²) in [6, 6.07) is 10.3. The van der Waals surface area contributed by atoms with Crippen LogP contribution >= 0.6 is 15.9 Å². The summed E-state index contributed by atoms with van der Waals surface area (Å²) in [5.74, 6) is -0.716. The summed E-state index contributed by atoms with van der Waals surface area (Å²) in [6.07, 6.45) is 0. The van der Waals surface area contributed by atoms with E-state index < -0.39 is 5.91 Å². The van der Waals surface area contributed by atoms with E-state index >= 15 is 0 Å². The van der Waals surface area contributed by atoms with E-state index in [0.29, 0.717) is 36.4 Å². The van der Waals surface area contributed by atoms with Crippen LogP contribution in [0.25, 0.3) is 0 Å². The van der Waals surface area contributed by atoms with Crippen LogP contribution in [0.15, 0.2) is 45.5 Å². The SMILES string of the molecule is CN(CC(=O)N1CCN(c2ccc(C(N)=O)cc2)CC1)C(=O)c1ccc(Br)o1. The van der Waals surface area contributed by atoms with Crippen LogP contribution in [-0.2, 0) is 4.79 Å². The molecule has 0 aliphatic carbocycles. The molecule has 3 amide bonds. The van der Waals surface area contributed by atoms with E-state index in [1.807, 2.05) is 12.1 Å². The number of halogens is 1. The van der Waals surface area contributed by atoms with E-state index in [1.165, 1.54) is 4.90 Å². The lowest BCUT2D eigenvalue weighted by atomic mass is 10.1. The van der Waals surface area contributed by atoms with Crippen LogP contribution in [0.1, 0.15) is 20.9 Å². The summed E-state index contributed by atoms with van der Waals surface area (Å²) >= 11 is 3.16. The second-order valence-corrected chi connectivity index (χ2v) is 7.33. The third-order valence-electron chi connectivity index (χ3n) is 4.65. The molecule has 1 aromatic carbocycles. The molecule has 0 saturated carbocycles. The minimum Gasteiger partial charge on any atom is -0.444 e. The lowest BCUT2D eigenvalue weighted by molar-refractivity contribution is -0.132. The molecular weight excluding hydrogens is 428 g/mol. The number of furan rings is 1. The van der Waals surface area contributed by atoms with Gasteiger partial charge in [-0.05, 0) is 52.3 Å². The van der Waals surface area contributed by atoms with Crippen LogP contribution in [0, 0.1) is 0 Å². The average Bonchev–Trinajstić information content (AvgIpc) is 3.13. The Morgan fingerprint density at radius 3 is 2.25 bits per heavy atom. The fourth-order valence-corrected chi connectivity index (χ4v) is 3.35. The zero-order valence-electron chi connectivity index (χ0n) is 15.4. The topological polar surface area (TPSA) is 100 Å². The summed E-state index contributed by atoms with van der Waals surface area (Å²) in [6.45, 7) is 2.45. The minimum atomic E-state index is -0.456. The standard InChI is InChI=1S/C19H21BrN4O4/c1-22(19(27)15-6-7-16(20)28-15)12-17(25)24-10-8-23(9-11-24)14-4-2-13(3-5-14)18(21)26/h2-7H,8-12H2,1H3,(H2,21,26). The van der Waals surface area contributed by atoms with Gasteiger partial charge in [-0.1, -0.05) is 0 Å². The number of carbonyl (C=O) groups is 3. The van der Waals surface area contributed by atoms with E-state index in [1.54, 1.807) is 36.2 Å². The largest absolute Gasteiger partial charge is 0.444 e. The second kappa shape index (κ2) is 8.47. The van der Waals surface area contributed by atoms with Gasteiger partial charge in [0.25, 0.3) is 5.91 Å². The molecule has 1 saturated heterocycles. The normalized spacial score (nSPS) is 14.1. The van der Waals surface area contributed by atoms with E-state index in [2.05, 4.69) is 20.8 Å². The Morgan fingerprint density at radius 2 is 1.71 bits per heavy atom. The van der Waals surface area contributed by atoms with Crippen molar-refractivity contribution in [3.63, 3.8) is 0 Å². The fraction of sp³-hybridized carbons (Fsp3) is 0.316. The maximum atomic E-state index is 12.5. The van der Waals surface area contributed by atoms with E-state index in [4.69, 9.17) is 10.2 Å². The lowest BCUT2D eigenvalue weighted by Gasteiger charge is -2.36. The van der Waals surface area contributed by atoms with Gasteiger partial charge in [0.15, 0.2) is 10.4 Å². The van der Waals surface area contributed by atoms with Crippen molar-refractivity contribution in [2.24, 2.45) is 5.73 Å². The molecule has 0 unspecified atom stereocenters. The predicted molar refractivity (Wildman–Crippen MR) is 107 cm³/mol. The maximum absolute atomic E-state index is 12.5. The molecule has 2 N–H and O–H groups in total. The van der Waals surface area contributed by atoms with Gasteiger partial charge in [0, 0.05) is 44.5 Å². The molecule has 1 aliphatic heterocycles. The first-order chi connectivity index (χ1) is 13.3. The van der Waals surface area contributed by atoms with Gasteiger partial charge < -0.3 is 24.9 Å². The Hall–Kier alpha value is -2.81. The first-order valence-electron chi connectivity index (χ1n) is 8.78. The Balaban J connectivity index is 1.52. The van der Waals surface area contributed by atoms with Gasteiger partial charge in [-0.25, -0.2) is 0 Å². The summed E-state index contributed by atoms with van der Waals surface area (Å²) in [5.41, 5.74) is 6.71. The number of primary amides is 1. The molecule has 0 bridgehead atoms. The molecule has 2 heterocycles. The van der Waals surface area contributed by atoms with Crippen LogP contribution in [0.3, 0.4) is 0 Å². The summed E-state index contributed by atoms with van der Waals surface area (Å²) in [5, 5.41) is 0. The molecule has 2 aromatic rings. The number of nitrogens with zero attached hydrogens (tertiary/aromatic N) is 3. The van der Waals surface area contributed by atoms with Gasteiger partial charge >= 0.3 is 0 Å². The Bertz CT molecular complexity index is 872. The fourth-order valence-electron chi connectivity index (χ4n) is 3.04. The van der Waals surface area contributed by atoms with Crippen molar-refractivity contribution in [2.75, 3.05) is 44.7 Å². The van der Waals surface area contributed by atoms with Crippen molar-refractivity contribution in [1.29, 1.82) is 0 Å². The summed E-state index contributed by atoms with van der Waals surface area (Å²) in [7, 11) is 1.58.